The van der Waals surface area contributed by atoms with Crippen LogP contribution in [0.25, 0.3) is 0 Å². The molecule has 0 saturated carbocycles. The van der Waals surface area contributed by atoms with Gasteiger partial charge in [-0.2, -0.15) is 0 Å². The number of nitrogens with one attached hydrogen (secondary N) is 1. The average Bonchev–Trinajstić information content (AvgIpc) is 3.47. The summed E-state index contributed by atoms with van der Waals surface area (Å²) < 4.78 is 13.5. The van der Waals surface area contributed by atoms with E-state index in [1.165, 1.54) is 12.1 Å². The second-order valence-electron chi connectivity index (χ2n) is 13.9. The summed E-state index contributed by atoms with van der Waals surface area (Å²) in [6.45, 7) is 4.05. The Morgan fingerprint density at radius 2 is 1.26 bits per heavy atom. The van der Waals surface area contributed by atoms with Crippen LogP contribution in [-0.4, -0.2) is 61.7 Å². The maximum Gasteiger partial charge on any atom is 0.321 e. The van der Waals surface area contributed by atoms with Crippen LogP contribution in [0.1, 0.15) is 46.5 Å². The van der Waals surface area contributed by atoms with E-state index in [2.05, 4.69) is 10.3 Å². The number of aromatic nitrogens is 1. The van der Waals surface area contributed by atoms with Crippen LogP contribution in [-0.2, 0) is 35.4 Å². The van der Waals surface area contributed by atoms with Gasteiger partial charge in [-0.15, -0.1) is 0 Å². The van der Waals surface area contributed by atoms with Crippen molar-refractivity contribution in [1.82, 2.24) is 14.8 Å². The first-order chi connectivity index (χ1) is 25.6. The van der Waals surface area contributed by atoms with E-state index in [1.807, 2.05) is 85.5 Å². The monoisotopic (exact) mass is 711 g/mol. The molecule has 2 saturated heterocycles. The molecule has 5 aromatic rings. The highest BCUT2D eigenvalue weighted by Crippen LogP contribution is 2.40. The second kappa shape index (κ2) is 15.4. The second-order valence-corrected chi connectivity index (χ2v) is 13.9. The molecule has 2 aliphatic heterocycles. The summed E-state index contributed by atoms with van der Waals surface area (Å²) in [5, 5.41) is 14.6. The number of hydrogen-bond acceptors (Lipinski definition) is 7. The number of hydrogen-bond donors (Lipinski definition) is 1. The zero-order valence-electron chi connectivity index (χ0n) is 29.6. The van der Waals surface area contributed by atoms with Gasteiger partial charge in [0, 0.05) is 37.0 Å². The summed E-state index contributed by atoms with van der Waals surface area (Å²) in [6, 6.07) is 37.6. The lowest BCUT2D eigenvalue weighted by molar-refractivity contribution is -0.384. The number of amides is 3. The predicted octanol–water partition coefficient (Wildman–Crippen LogP) is 7.42. The van der Waals surface area contributed by atoms with Crippen LogP contribution in [0.4, 0.5) is 16.3 Å². The molecule has 2 fully saturated rings. The topological polar surface area (TPSA) is 127 Å². The van der Waals surface area contributed by atoms with E-state index in [4.69, 9.17) is 9.47 Å². The van der Waals surface area contributed by atoms with Crippen molar-refractivity contribution in [3.05, 3.63) is 172 Å². The normalized spacial score (nSPS) is 20.8. The Morgan fingerprint density at radius 3 is 1.81 bits per heavy atom. The third-order valence-electron chi connectivity index (χ3n) is 9.71. The molecule has 4 aromatic carbocycles. The molecule has 4 atom stereocenters. The minimum atomic E-state index is -0.952. The predicted molar refractivity (Wildman–Crippen MR) is 200 cm³/mol. The number of carbonyl (C=O) groups excluding carboxylic acids is 2. The van der Waals surface area contributed by atoms with Gasteiger partial charge in [0.1, 0.15) is 18.0 Å². The number of benzene rings is 4. The smallest absolute Gasteiger partial charge is 0.321 e. The van der Waals surface area contributed by atoms with Gasteiger partial charge in [0.25, 0.3) is 11.6 Å². The third-order valence-corrected chi connectivity index (χ3v) is 9.71. The molecule has 7 rings (SSSR count). The van der Waals surface area contributed by atoms with Crippen molar-refractivity contribution < 1.29 is 24.0 Å². The van der Waals surface area contributed by atoms with E-state index in [-0.39, 0.29) is 30.7 Å². The Labute approximate surface area is 308 Å². The van der Waals surface area contributed by atoms with Crippen LogP contribution in [0.3, 0.4) is 0 Å². The third kappa shape index (κ3) is 8.27. The SMILES string of the molecule is CC1(C)O[C@@H]2[C@@H](O1)[C@@H](Cc1ccccc1)N(Cc1cccc([N+](=O)[O-])c1)C(=O)N(Cc1cccc(C(=O)Nc3ccccn3)c1)[C@@H]2Cc1ccccc1. The quantitative estimate of drug-likeness (QED) is 0.112. The summed E-state index contributed by atoms with van der Waals surface area (Å²) in [6.07, 6.45) is 1.49. The van der Waals surface area contributed by atoms with Crippen LogP contribution in [0.5, 0.6) is 0 Å². The van der Waals surface area contributed by atoms with Gasteiger partial charge in [0.05, 0.1) is 17.0 Å². The Morgan fingerprint density at radius 1 is 0.736 bits per heavy atom. The molecule has 270 valence electrons. The van der Waals surface area contributed by atoms with Crippen molar-refractivity contribution in [3.8, 4) is 0 Å². The van der Waals surface area contributed by atoms with Crippen LogP contribution < -0.4 is 5.32 Å². The molecule has 11 nitrogen and oxygen atoms in total. The fraction of sp³-hybridized carbons (Fsp3) is 0.262. The number of urea groups is 1. The number of carbonyl (C=O) groups is 2. The van der Waals surface area contributed by atoms with Crippen LogP contribution >= 0.6 is 0 Å². The molecule has 53 heavy (non-hydrogen) atoms. The maximum atomic E-state index is 15.3. The lowest BCUT2D eigenvalue weighted by atomic mass is 9.91. The molecule has 3 heterocycles. The first-order valence-corrected chi connectivity index (χ1v) is 17.7. The van der Waals surface area contributed by atoms with E-state index in [9.17, 15) is 14.9 Å². The summed E-state index contributed by atoms with van der Waals surface area (Å²) in [7, 11) is 0. The molecule has 3 amide bonds. The molecule has 11 heteroatoms. The standard InChI is InChI=1S/C42H41N5O6/c1-42(2)52-38-35(25-29-13-5-3-6-14-29)45(27-31-17-11-19-33(23-31)40(48)44-37-21-9-10-22-43-37)41(49)46(28-32-18-12-20-34(24-32)47(50)51)36(39(38)53-42)26-30-15-7-4-8-16-30/h3-24,35-36,38-39H,25-28H2,1-2H3,(H,43,44,48)/t35-,36-,38+,39+/m1/s1. The number of nitro benzene ring substituents is 1. The molecular weight excluding hydrogens is 670 g/mol. The fourth-order valence-corrected chi connectivity index (χ4v) is 7.35. The van der Waals surface area contributed by atoms with Gasteiger partial charge < -0.3 is 24.6 Å². The molecule has 1 aromatic heterocycles. The summed E-state index contributed by atoms with van der Waals surface area (Å²) in [4.78, 5) is 47.9. The molecule has 0 radical (unpaired) electrons. The Balaban J connectivity index is 1.32. The zero-order chi connectivity index (χ0) is 37.0. The van der Waals surface area contributed by atoms with Crippen molar-refractivity contribution in [2.45, 2.75) is 69.9 Å². The number of nitro groups is 1. The van der Waals surface area contributed by atoms with E-state index in [0.29, 0.717) is 29.8 Å². The lowest BCUT2D eigenvalue weighted by Gasteiger charge is -2.37. The van der Waals surface area contributed by atoms with Gasteiger partial charge in [0.2, 0.25) is 0 Å². The summed E-state index contributed by atoms with van der Waals surface area (Å²) in [5.74, 6) is -0.841. The van der Waals surface area contributed by atoms with Gasteiger partial charge in [0.15, 0.2) is 5.79 Å². The first kappa shape index (κ1) is 35.5. The van der Waals surface area contributed by atoms with Gasteiger partial charge in [-0.05, 0) is 73.2 Å². The van der Waals surface area contributed by atoms with Crippen molar-refractivity contribution in [2.75, 3.05) is 5.32 Å². The van der Waals surface area contributed by atoms with Crippen molar-refractivity contribution in [2.24, 2.45) is 0 Å². The van der Waals surface area contributed by atoms with Gasteiger partial charge >= 0.3 is 6.03 Å². The Hall–Kier alpha value is -5.91. The average molecular weight is 712 g/mol. The minimum Gasteiger partial charge on any atom is -0.342 e. The molecule has 0 spiro atoms. The summed E-state index contributed by atoms with van der Waals surface area (Å²) in [5.41, 5.74) is 3.78. The minimum absolute atomic E-state index is 0.0524. The number of pyridine rings is 1. The number of rotatable bonds is 11. The van der Waals surface area contributed by atoms with Gasteiger partial charge in [-0.25, -0.2) is 9.78 Å². The highest BCUT2D eigenvalue weighted by molar-refractivity contribution is 6.03. The maximum absolute atomic E-state index is 15.3. The van der Waals surface area contributed by atoms with Crippen molar-refractivity contribution >= 4 is 23.4 Å². The molecular formula is C42H41N5O6. The van der Waals surface area contributed by atoms with Crippen LogP contribution in [0.15, 0.2) is 134 Å². The molecule has 2 aliphatic rings. The number of nitrogens with zero attached hydrogens (tertiary/aromatic N) is 4. The van der Waals surface area contributed by atoms with Crippen LogP contribution in [0.2, 0.25) is 0 Å². The number of fused-ring (bicyclic) bond motifs is 1. The van der Waals surface area contributed by atoms with Crippen LogP contribution in [0, 0.1) is 10.1 Å². The van der Waals surface area contributed by atoms with E-state index >= 15 is 4.79 Å². The van der Waals surface area contributed by atoms with E-state index in [0.717, 1.165) is 16.7 Å². The number of ether oxygens (including phenoxy) is 2. The van der Waals surface area contributed by atoms with E-state index < -0.39 is 35.0 Å². The number of anilines is 1. The first-order valence-electron chi connectivity index (χ1n) is 17.7. The zero-order valence-corrected chi connectivity index (χ0v) is 29.6. The largest absolute Gasteiger partial charge is 0.342 e. The van der Waals surface area contributed by atoms with Crippen molar-refractivity contribution in [1.29, 1.82) is 0 Å². The van der Waals surface area contributed by atoms with E-state index in [1.54, 1.807) is 59.6 Å². The Bertz CT molecular complexity index is 2060. The lowest BCUT2D eigenvalue weighted by Crippen LogP contribution is -2.51. The molecule has 1 N–H and O–H groups in total. The highest BCUT2D eigenvalue weighted by Gasteiger charge is 2.55. The summed E-state index contributed by atoms with van der Waals surface area (Å²) >= 11 is 0. The highest BCUT2D eigenvalue weighted by atomic mass is 16.8. The molecule has 0 bridgehead atoms. The van der Waals surface area contributed by atoms with Gasteiger partial charge in [-0.1, -0.05) is 91.0 Å². The fourth-order valence-electron chi connectivity index (χ4n) is 7.35. The molecule has 0 unspecified atom stereocenters. The Kier molecular flexibility index (Phi) is 10.3. The van der Waals surface area contributed by atoms with Crippen molar-refractivity contribution in [3.63, 3.8) is 0 Å². The number of non-ortho nitro benzene ring substituents is 1. The molecule has 0 aliphatic carbocycles. The van der Waals surface area contributed by atoms with Gasteiger partial charge in [-0.3, -0.25) is 14.9 Å².